The average molecular weight is 421 g/mol. The summed E-state index contributed by atoms with van der Waals surface area (Å²) in [5.41, 5.74) is 0.969. The van der Waals surface area contributed by atoms with Crippen molar-refractivity contribution in [2.24, 2.45) is 0 Å². The fourth-order valence-corrected chi connectivity index (χ4v) is 2.97. The van der Waals surface area contributed by atoms with Crippen molar-refractivity contribution in [1.29, 1.82) is 0 Å². The number of benzene rings is 2. The third kappa shape index (κ3) is 5.88. The van der Waals surface area contributed by atoms with Crippen molar-refractivity contribution in [3.8, 4) is 5.75 Å². The molecule has 0 saturated heterocycles. The van der Waals surface area contributed by atoms with Gasteiger partial charge in [-0.15, -0.1) is 0 Å². The van der Waals surface area contributed by atoms with Gasteiger partial charge in [0, 0.05) is 18.5 Å². The number of carbonyl (C=O) groups excluding carboxylic acids is 2. The minimum absolute atomic E-state index is 0.179. The van der Waals surface area contributed by atoms with Crippen molar-refractivity contribution in [2.75, 3.05) is 0 Å². The first-order valence-corrected chi connectivity index (χ1v) is 9.94. The maximum atomic E-state index is 12.6. The van der Waals surface area contributed by atoms with Crippen LogP contribution in [0.15, 0.2) is 48.5 Å². The van der Waals surface area contributed by atoms with E-state index in [2.05, 4.69) is 10.6 Å². The van der Waals surface area contributed by atoms with E-state index in [0.29, 0.717) is 22.2 Å². The van der Waals surface area contributed by atoms with Crippen LogP contribution in [0.1, 0.15) is 25.3 Å². The summed E-state index contributed by atoms with van der Waals surface area (Å²) >= 11 is 11.9. The summed E-state index contributed by atoms with van der Waals surface area (Å²) < 4.78 is 5.65. The van der Waals surface area contributed by atoms with Crippen molar-refractivity contribution < 1.29 is 14.3 Å². The lowest BCUT2D eigenvalue weighted by molar-refractivity contribution is -0.132. The van der Waals surface area contributed by atoms with Crippen LogP contribution in [0, 0.1) is 0 Å². The second-order valence-corrected chi connectivity index (χ2v) is 7.68. The van der Waals surface area contributed by atoms with Gasteiger partial charge in [-0.3, -0.25) is 9.59 Å². The smallest absolute Gasteiger partial charge is 0.261 e. The molecule has 2 aromatic rings. The molecule has 0 aromatic heterocycles. The molecule has 0 heterocycles. The van der Waals surface area contributed by atoms with Gasteiger partial charge in [0.25, 0.3) is 5.91 Å². The van der Waals surface area contributed by atoms with Crippen molar-refractivity contribution in [3.63, 3.8) is 0 Å². The van der Waals surface area contributed by atoms with E-state index in [1.54, 1.807) is 25.1 Å². The molecule has 2 N–H and O–H groups in total. The highest BCUT2D eigenvalue weighted by atomic mass is 35.5. The van der Waals surface area contributed by atoms with Crippen LogP contribution in [0.4, 0.5) is 0 Å². The van der Waals surface area contributed by atoms with E-state index < -0.39 is 12.1 Å². The molecule has 0 radical (unpaired) electrons. The number of hydrogen-bond donors (Lipinski definition) is 2. The van der Waals surface area contributed by atoms with Gasteiger partial charge in [-0.05, 0) is 37.5 Å². The Morgan fingerprint density at radius 3 is 2.43 bits per heavy atom. The van der Waals surface area contributed by atoms with Gasteiger partial charge in [-0.2, -0.15) is 0 Å². The molecule has 1 aliphatic carbocycles. The predicted octanol–water partition coefficient (Wildman–Crippen LogP) is 3.77. The normalized spacial score (nSPS) is 15.4. The topological polar surface area (TPSA) is 67.4 Å². The molecule has 0 spiro atoms. The first kappa shape index (κ1) is 20.5. The van der Waals surface area contributed by atoms with Crippen LogP contribution in [-0.2, 0) is 16.0 Å². The van der Waals surface area contributed by atoms with Crippen molar-refractivity contribution in [3.05, 3.63) is 64.1 Å². The Morgan fingerprint density at radius 2 is 1.79 bits per heavy atom. The lowest BCUT2D eigenvalue weighted by Crippen LogP contribution is -2.51. The summed E-state index contributed by atoms with van der Waals surface area (Å²) in [6, 6.07) is 13.9. The summed E-state index contributed by atoms with van der Waals surface area (Å²) in [5.74, 6) is -0.126. The molecule has 28 heavy (non-hydrogen) atoms. The van der Waals surface area contributed by atoms with Gasteiger partial charge in [0.05, 0.1) is 10.0 Å². The monoisotopic (exact) mass is 420 g/mol. The van der Waals surface area contributed by atoms with Crippen LogP contribution < -0.4 is 15.4 Å². The molecule has 1 saturated carbocycles. The van der Waals surface area contributed by atoms with Crippen molar-refractivity contribution in [1.82, 2.24) is 10.6 Å². The molecule has 7 heteroatoms. The highest BCUT2D eigenvalue weighted by Crippen LogP contribution is 2.27. The van der Waals surface area contributed by atoms with Crippen LogP contribution >= 0.6 is 23.2 Å². The third-order valence-electron chi connectivity index (χ3n) is 4.41. The van der Waals surface area contributed by atoms with Gasteiger partial charge in [-0.1, -0.05) is 53.5 Å². The Kier molecular flexibility index (Phi) is 6.81. The Bertz CT molecular complexity index is 841. The van der Waals surface area contributed by atoms with Gasteiger partial charge in [0.15, 0.2) is 6.10 Å². The predicted molar refractivity (Wildman–Crippen MR) is 110 cm³/mol. The quantitative estimate of drug-likeness (QED) is 0.682. The minimum Gasteiger partial charge on any atom is -0.481 e. The maximum Gasteiger partial charge on any atom is 0.261 e. The van der Waals surface area contributed by atoms with Crippen molar-refractivity contribution >= 4 is 35.0 Å². The number of carbonyl (C=O) groups is 2. The van der Waals surface area contributed by atoms with E-state index in [0.717, 1.165) is 18.4 Å². The van der Waals surface area contributed by atoms with Crippen LogP contribution in [0.2, 0.25) is 10.0 Å². The van der Waals surface area contributed by atoms with Crippen LogP contribution in [0.25, 0.3) is 0 Å². The van der Waals surface area contributed by atoms with Crippen LogP contribution in [0.3, 0.4) is 0 Å². The molecular formula is C21H22Cl2N2O3. The highest BCUT2D eigenvalue weighted by molar-refractivity contribution is 6.42. The fourth-order valence-electron chi connectivity index (χ4n) is 2.69. The summed E-state index contributed by atoms with van der Waals surface area (Å²) in [4.78, 5) is 25.2. The molecule has 148 valence electrons. The number of hydrogen-bond acceptors (Lipinski definition) is 3. The zero-order chi connectivity index (χ0) is 20.1. The third-order valence-corrected chi connectivity index (χ3v) is 5.15. The van der Waals surface area contributed by atoms with Crippen LogP contribution in [-0.4, -0.2) is 30.0 Å². The van der Waals surface area contributed by atoms with E-state index in [-0.39, 0.29) is 17.9 Å². The first-order valence-electron chi connectivity index (χ1n) is 9.19. The van der Waals surface area contributed by atoms with E-state index in [9.17, 15) is 9.59 Å². The zero-order valence-electron chi connectivity index (χ0n) is 15.5. The summed E-state index contributed by atoms with van der Waals surface area (Å²) in [5, 5.41) is 6.52. The lowest BCUT2D eigenvalue weighted by atomic mass is 10.0. The Labute approximate surface area is 174 Å². The molecule has 1 aliphatic rings. The largest absolute Gasteiger partial charge is 0.481 e. The number of amides is 2. The first-order chi connectivity index (χ1) is 13.4. The van der Waals surface area contributed by atoms with E-state index in [1.807, 2.05) is 30.3 Å². The summed E-state index contributed by atoms with van der Waals surface area (Å²) in [6.07, 6.45) is 1.57. The molecule has 2 atom stereocenters. The molecule has 2 amide bonds. The molecule has 2 unspecified atom stereocenters. The van der Waals surface area contributed by atoms with Crippen LogP contribution in [0.5, 0.6) is 5.75 Å². The van der Waals surface area contributed by atoms with Gasteiger partial charge in [-0.25, -0.2) is 0 Å². The van der Waals surface area contributed by atoms with E-state index >= 15 is 0 Å². The molecule has 3 rings (SSSR count). The second-order valence-electron chi connectivity index (χ2n) is 6.87. The number of nitrogens with one attached hydrogen (secondary N) is 2. The van der Waals surface area contributed by atoms with Gasteiger partial charge < -0.3 is 15.4 Å². The molecule has 1 fully saturated rings. The average Bonchev–Trinajstić information content (AvgIpc) is 3.49. The van der Waals surface area contributed by atoms with E-state index in [4.69, 9.17) is 27.9 Å². The zero-order valence-corrected chi connectivity index (χ0v) is 17.0. The van der Waals surface area contributed by atoms with Crippen molar-refractivity contribution in [2.45, 2.75) is 44.4 Å². The standard InChI is InChI=1S/C21H22Cl2N2O3/c1-13(28-16-9-10-17(22)18(23)12-16)20(26)25-19(21(27)24-15-7-8-15)11-14-5-3-2-4-6-14/h2-6,9-10,12-13,15,19H,7-8,11H2,1H3,(H,24,27)(H,25,26). The van der Waals surface area contributed by atoms with E-state index in [1.165, 1.54) is 0 Å². The van der Waals surface area contributed by atoms with Gasteiger partial charge in [0.1, 0.15) is 11.8 Å². The van der Waals surface area contributed by atoms with Gasteiger partial charge in [0.2, 0.25) is 5.91 Å². The summed E-state index contributed by atoms with van der Waals surface area (Å²) in [7, 11) is 0. The number of halogens is 2. The molecular weight excluding hydrogens is 399 g/mol. The summed E-state index contributed by atoms with van der Waals surface area (Å²) in [6.45, 7) is 1.62. The van der Waals surface area contributed by atoms with Gasteiger partial charge >= 0.3 is 0 Å². The Morgan fingerprint density at radius 1 is 1.07 bits per heavy atom. The maximum absolute atomic E-state index is 12.6. The molecule has 0 bridgehead atoms. The molecule has 5 nitrogen and oxygen atoms in total. The minimum atomic E-state index is -0.802. The molecule has 0 aliphatic heterocycles. The molecule has 2 aromatic carbocycles. The number of ether oxygens (including phenoxy) is 1. The highest BCUT2D eigenvalue weighted by Gasteiger charge is 2.29. The number of rotatable bonds is 8. The second kappa shape index (κ2) is 9.30. The Hall–Kier alpha value is -2.24. The lowest BCUT2D eigenvalue weighted by Gasteiger charge is -2.21. The fraction of sp³-hybridized carbons (Fsp3) is 0.333. The SMILES string of the molecule is CC(Oc1ccc(Cl)c(Cl)c1)C(=O)NC(Cc1ccccc1)C(=O)NC1CC1. The Balaban J connectivity index is 1.64.